The van der Waals surface area contributed by atoms with Gasteiger partial charge in [-0.1, -0.05) is 12.8 Å². The van der Waals surface area contributed by atoms with Gasteiger partial charge in [-0.2, -0.15) is 0 Å². The smallest absolute Gasteiger partial charge is 0.408 e. The van der Waals surface area contributed by atoms with E-state index >= 15 is 0 Å². The summed E-state index contributed by atoms with van der Waals surface area (Å²) in [6.07, 6.45) is 1.12. The average Bonchev–Trinajstić information content (AvgIpc) is 2.62. The number of ether oxygens (including phenoxy) is 1. The molecule has 6 nitrogen and oxygen atoms in total. The SMILES string of the molecule is CC(C)(C)OC(=O)NC1(CC(O)C(=O)O)CCCC1. The fourth-order valence-corrected chi connectivity index (χ4v) is 2.41. The summed E-state index contributed by atoms with van der Waals surface area (Å²) in [5.74, 6) is -1.27. The first kappa shape index (κ1) is 15.8. The lowest BCUT2D eigenvalue weighted by molar-refractivity contribution is -0.147. The third kappa shape index (κ3) is 5.06. The molecule has 0 radical (unpaired) electrons. The van der Waals surface area contributed by atoms with Crippen LogP contribution in [0.5, 0.6) is 0 Å². The maximum absolute atomic E-state index is 11.8. The Bertz CT molecular complexity index is 341. The largest absolute Gasteiger partial charge is 0.479 e. The number of carbonyl (C=O) groups excluding carboxylic acids is 1. The molecule has 1 atom stereocenters. The minimum atomic E-state index is -1.46. The summed E-state index contributed by atoms with van der Waals surface area (Å²) >= 11 is 0. The maximum atomic E-state index is 11.8. The van der Waals surface area contributed by atoms with Crippen molar-refractivity contribution in [2.45, 2.75) is 70.1 Å². The molecule has 1 fully saturated rings. The normalized spacial score (nSPS) is 19.8. The highest BCUT2D eigenvalue weighted by Crippen LogP contribution is 2.34. The fourth-order valence-electron chi connectivity index (χ4n) is 2.41. The van der Waals surface area contributed by atoms with Crippen LogP contribution in [-0.2, 0) is 9.53 Å². The van der Waals surface area contributed by atoms with E-state index in [9.17, 15) is 14.7 Å². The molecule has 1 saturated carbocycles. The molecule has 1 amide bonds. The van der Waals surface area contributed by atoms with Gasteiger partial charge < -0.3 is 20.3 Å². The molecular formula is C13H23NO5. The Labute approximate surface area is 113 Å². The number of aliphatic hydroxyl groups excluding tert-OH is 1. The van der Waals surface area contributed by atoms with Crippen molar-refractivity contribution < 1.29 is 24.5 Å². The number of carbonyl (C=O) groups is 2. The molecular weight excluding hydrogens is 250 g/mol. The van der Waals surface area contributed by atoms with E-state index in [1.807, 2.05) is 0 Å². The standard InChI is InChI=1S/C13H23NO5/c1-12(2,3)19-11(18)14-13(6-4-5-7-13)8-9(15)10(16)17/h9,15H,4-8H2,1-3H3,(H,14,18)(H,16,17). The molecule has 1 aliphatic carbocycles. The second-order valence-corrected chi connectivity index (χ2v) is 6.17. The highest BCUT2D eigenvalue weighted by Gasteiger charge is 2.39. The second kappa shape index (κ2) is 5.77. The molecule has 19 heavy (non-hydrogen) atoms. The van der Waals surface area contributed by atoms with Crippen LogP contribution in [0.25, 0.3) is 0 Å². The Balaban J connectivity index is 2.67. The maximum Gasteiger partial charge on any atom is 0.408 e. The number of aliphatic carboxylic acids is 1. The third-order valence-electron chi connectivity index (χ3n) is 3.20. The van der Waals surface area contributed by atoms with Gasteiger partial charge in [0.15, 0.2) is 6.10 Å². The van der Waals surface area contributed by atoms with Crippen LogP contribution in [0.15, 0.2) is 0 Å². The third-order valence-corrected chi connectivity index (χ3v) is 3.20. The Morgan fingerprint density at radius 1 is 1.32 bits per heavy atom. The van der Waals surface area contributed by atoms with Gasteiger partial charge in [0.1, 0.15) is 5.60 Å². The Morgan fingerprint density at radius 2 is 1.84 bits per heavy atom. The minimum Gasteiger partial charge on any atom is -0.479 e. The zero-order chi connectivity index (χ0) is 14.7. The number of hydrogen-bond acceptors (Lipinski definition) is 4. The van der Waals surface area contributed by atoms with Crippen LogP contribution < -0.4 is 5.32 Å². The van der Waals surface area contributed by atoms with Gasteiger partial charge >= 0.3 is 12.1 Å². The van der Waals surface area contributed by atoms with E-state index < -0.39 is 29.3 Å². The van der Waals surface area contributed by atoms with Crippen molar-refractivity contribution in [1.29, 1.82) is 0 Å². The van der Waals surface area contributed by atoms with E-state index in [0.717, 1.165) is 12.8 Å². The minimum absolute atomic E-state index is 0.0155. The van der Waals surface area contributed by atoms with Crippen LogP contribution in [0.3, 0.4) is 0 Å². The van der Waals surface area contributed by atoms with Crippen molar-refractivity contribution in [3.63, 3.8) is 0 Å². The molecule has 0 heterocycles. The number of nitrogens with one attached hydrogen (secondary N) is 1. The van der Waals surface area contributed by atoms with Gasteiger partial charge in [-0.3, -0.25) is 0 Å². The van der Waals surface area contributed by atoms with Crippen molar-refractivity contribution in [2.75, 3.05) is 0 Å². The molecule has 1 rings (SSSR count). The van der Waals surface area contributed by atoms with E-state index in [1.54, 1.807) is 20.8 Å². The lowest BCUT2D eigenvalue weighted by atomic mass is 9.90. The molecule has 3 N–H and O–H groups in total. The van der Waals surface area contributed by atoms with Crippen molar-refractivity contribution >= 4 is 12.1 Å². The number of hydrogen-bond donors (Lipinski definition) is 3. The first-order chi connectivity index (χ1) is 8.64. The summed E-state index contributed by atoms with van der Waals surface area (Å²) < 4.78 is 5.19. The molecule has 0 spiro atoms. The van der Waals surface area contributed by atoms with Crippen molar-refractivity contribution in [2.24, 2.45) is 0 Å². The van der Waals surface area contributed by atoms with Crippen LogP contribution in [0.4, 0.5) is 4.79 Å². The molecule has 0 bridgehead atoms. The topological polar surface area (TPSA) is 95.9 Å². The summed E-state index contributed by atoms with van der Waals surface area (Å²) in [5, 5.41) is 21.0. The van der Waals surface area contributed by atoms with Crippen LogP contribution >= 0.6 is 0 Å². The summed E-state index contributed by atoms with van der Waals surface area (Å²) in [4.78, 5) is 22.6. The number of carboxylic acids is 1. The lowest BCUT2D eigenvalue weighted by Crippen LogP contribution is -2.50. The summed E-state index contributed by atoms with van der Waals surface area (Å²) in [5.41, 5.74) is -1.27. The quantitative estimate of drug-likeness (QED) is 0.724. The molecule has 6 heteroatoms. The first-order valence-corrected chi connectivity index (χ1v) is 6.56. The van der Waals surface area contributed by atoms with Gasteiger partial charge in [0.2, 0.25) is 0 Å². The van der Waals surface area contributed by atoms with Crippen LogP contribution in [0.1, 0.15) is 52.9 Å². The highest BCUT2D eigenvalue weighted by molar-refractivity contribution is 5.73. The summed E-state index contributed by atoms with van der Waals surface area (Å²) in [6, 6.07) is 0. The Morgan fingerprint density at radius 3 is 2.26 bits per heavy atom. The van der Waals surface area contributed by atoms with Crippen molar-refractivity contribution in [3.05, 3.63) is 0 Å². The Hall–Kier alpha value is -1.30. The number of alkyl carbamates (subject to hydrolysis) is 1. The van der Waals surface area contributed by atoms with Gasteiger partial charge in [0.25, 0.3) is 0 Å². The molecule has 0 aromatic carbocycles. The van der Waals surface area contributed by atoms with Crippen molar-refractivity contribution in [1.82, 2.24) is 5.32 Å². The predicted octanol–water partition coefficient (Wildman–Crippen LogP) is 1.66. The summed E-state index contributed by atoms with van der Waals surface area (Å²) in [7, 11) is 0. The molecule has 0 saturated heterocycles. The molecule has 0 aliphatic heterocycles. The number of carboxylic acid groups (broad SMARTS) is 1. The molecule has 1 aliphatic rings. The monoisotopic (exact) mass is 273 g/mol. The van der Waals surface area contributed by atoms with Gasteiger partial charge in [-0.05, 0) is 33.6 Å². The van der Waals surface area contributed by atoms with E-state index in [4.69, 9.17) is 9.84 Å². The molecule has 1 unspecified atom stereocenters. The first-order valence-electron chi connectivity index (χ1n) is 6.56. The van der Waals surface area contributed by atoms with Crippen LogP contribution in [0.2, 0.25) is 0 Å². The Kier molecular flexibility index (Phi) is 4.79. The number of rotatable bonds is 4. The molecule has 110 valence electrons. The number of amides is 1. The highest BCUT2D eigenvalue weighted by atomic mass is 16.6. The van der Waals surface area contributed by atoms with Gasteiger partial charge in [-0.25, -0.2) is 9.59 Å². The van der Waals surface area contributed by atoms with Gasteiger partial charge in [0.05, 0.1) is 0 Å². The fraction of sp³-hybridized carbons (Fsp3) is 0.846. The second-order valence-electron chi connectivity index (χ2n) is 6.17. The van der Waals surface area contributed by atoms with E-state index in [1.165, 1.54) is 0 Å². The number of aliphatic hydroxyl groups is 1. The average molecular weight is 273 g/mol. The summed E-state index contributed by atoms with van der Waals surface area (Å²) in [6.45, 7) is 5.29. The van der Waals surface area contributed by atoms with Gasteiger partial charge in [0, 0.05) is 12.0 Å². The van der Waals surface area contributed by atoms with Crippen LogP contribution in [-0.4, -0.2) is 39.5 Å². The van der Waals surface area contributed by atoms with Crippen LogP contribution in [0, 0.1) is 0 Å². The predicted molar refractivity (Wildman–Crippen MR) is 68.8 cm³/mol. The van der Waals surface area contributed by atoms with E-state index in [-0.39, 0.29) is 6.42 Å². The van der Waals surface area contributed by atoms with E-state index in [2.05, 4.69) is 5.32 Å². The van der Waals surface area contributed by atoms with E-state index in [0.29, 0.717) is 12.8 Å². The zero-order valence-electron chi connectivity index (χ0n) is 11.7. The lowest BCUT2D eigenvalue weighted by Gasteiger charge is -2.32. The van der Waals surface area contributed by atoms with Gasteiger partial charge in [-0.15, -0.1) is 0 Å². The molecule has 0 aromatic rings. The van der Waals surface area contributed by atoms with Crippen molar-refractivity contribution in [3.8, 4) is 0 Å². The molecule has 0 aromatic heterocycles. The zero-order valence-corrected chi connectivity index (χ0v) is 11.7.